The number of hydrogen-bond acceptors (Lipinski definition) is 21. The summed E-state index contributed by atoms with van der Waals surface area (Å²) in [6.07, 6.45) is 21.1. The zero-order valence-electron chi connectivity index (χ0n) is 68.6. The van der Waals surface area contributed by atoms with E-state index in [-0.39, 0.29) is 70.4 Å². The summed E-state index contributed by atoms with van der Waals surface area (Å²) in [7, 11) is 3.08. The number of H-pyrrole nitrogens is 4. The molecule has 0 aliphatic heterocycles. The van der Waals surface area contributed by atoms with Gasteiger partial charge in [0.15, 0.2) is 11.6 Å². The number of esters is 1. The van der Waals surface area contributed by atoms with Crippen LogP contribution < -0.4 is 48.1 Å². The molecule has 0 aliphatic rings. The Bertz CT molecular complexity index is 6620. The number of ketones is 3. The number of ether oxygens (including phenoxy) is 1. The van der Waals surface area contributed by atoms with Crippen LogP contribution in [0.5, 0.6) is 0 Å². The Morgan fingerprint density at radius 3 is 1.26 bits per heavy atom. The first-order chi connectivity index (χ1) is 60.2. The van der Waals surface area contributed by atoms with Crippen LogP contribution in [0.4, 0.5) is 43.0 Å². The second kappa shape index (κ2) is 39.8. The van der Waals surface area contributed by atoms with E-state index >= 15 is 0 Å². The summed E-state index contributed by atoms with van der Waals surface area (Å²) < 4.78 is 10.1. The van der Waals surface area contributed by atoms with Crippen molar-refractivity contribution in [2.24, 2.45) is 7.05 Å². The fourth-order valence-electron chi connectivity index (χ4n) is 13.3. The number of urea groups is 4. The van der Waals surface area contributed by atoms with Gasteiger partial charge in [-0.15, -0.1) is 0 Å². The Balaban J connectivity index is 0.000000142. The summed E-state index contributed by atoms with van der Waals surface area (Å²) in [5.41, 5.74) is 14.5. The number of hydrogen-bond donors (Lipinski definition) is 12. The second-order valence-corrected chi connectivity index (χ2v) is 27.7. The monoisotopic (exact) mass is 1670 g/mol. The molecular weight excluding hydrogens is 1580 g/mol. The number of methoxy groups -OCH3 is 1. The zero-order chi connectivity index (χ0) is 87.3. The van der Waals surface area contributed by atoms with Gasteiger partial charge in [-0.25, -0.2) is 53.9 Å². The number of nitrogens with one attached hydrogen (secondary N) is 12. The van der Waals surface area contributed by atoms with E-state index in [0.29, 0.717) is 136 Å². The van der Waals surface area contributed by atoms with E-state index in [1.807, 2.05) is 138 Å². The average Bonchev–Trinajstić information content (AvgIpc) is 0.911. The van der Waals surface area contributed by atoms with Crippen LogP contribution in [-0.2, 0) is 31.3 Å². The fraction of sp³-hybridized carbons (Fsp3) is 0.182. The van der Waals surface area contributed by atoms with Crippen LogP contribution in [0.1, 0.15) is 111 Å². The molecule has 0 aliphatic carbocycles. The molecule has 4 aromatic carbocycles. The van der Waals surface area contributed by atoms with Crippen molar-refractivity contribution in [3.05, 3.63) is 269 Å². The molecule has 12 heterocycles. The quantitative estimate of drug-likeness (QED) is 0.0197. The molecule has 0 saturated carbocycles. The molecule has 0 unspecified atom stereocenters. The van der Waals surface area contributed by atoms with Crippen molar-refractivity contribution in [3.8, 4) is 44.5 Å². The van der Waals surface area contributed by atoms with Crippen molar-refractivity contribution >= 4 is 115 Å². The lowest BCUT2D eigenvalue weighted by atomic mass is 9.98. The molecule has 0 bridgehead atoms. The number of imidazole rings is 6. The van der Waals surface area contributed by atoms with Gasteiger partial charge in [-0.3, -0.25) is 65.4 Å². The van der Waals surface area contributed by atoms with Crippen molar-refractivity contribution in [1.82, 2.24) is 110 Å². The lowest BCUT2D eigenvalue weighted by Gasteiger charge is -2.12. The lowest BCUT2D eigenvalue weighted by Crippen LogP contribution is -2.28. The number of aromatic amines is 4. The summed E-state index contributed by atoms with van der Waals surface area (Å²) in [5, 5.41) is 21.1. The molecule has 8 amide bonds. The van der Waals surface area contributed by atoms with E-state index in [0.717, 1.165) is 50.5 Å². The smallest absolute Gasteiger partial charge is 0.340 e. The Morgan fingerprint density at radius 1 is 0.435 bits per heavy atom. The van der Waals surface area contributed by atoms with Gasteiger partial charge in [0.2, 0.25) is 35.4 Å². The SMILES string of the molecule is CCNC(=O)Nc1nc2c(C(=O)CCc3ccccn3)cc(-c3cccnc3)cc2[nH]1.CCNC(=O)Nc1nc2c(C(=O)OC)cc(-c3cc(C)n(Cc4ccccn4)c(=O)c3)cc2[nH]1.CCNC(=O)Nc1nc2c(C(=O)c3cn(C)cn3)cc(-c3cccnc3)cc2[nH]1.CCNC(=O)Nc1nc2c(C(=O)c3nccn3CC)cc(-c3cccnc3)cc2[nH]1. The zero-order valence-corrected chi connectivity index (χ0v) is 68.6. The maximum absolute atomic E-state index is 13.4. The van der Waals surface area contributed by atoms with Crippen LogP contribution in [0.3, 0.4) is 0 Å². The minimum atomic E-state index is -0.580. The molecule has 0 atom stereocenters. The molecule has 0 fully saturated rings. The number of aryl methyl sites for hydroxylation is 4. The molecule has 0 spiro atoms. The molecule has 36 heteroatoms. The summed E-state index contributed by atoms with van der Waals surface area (Å²) in [4.78, 5) is 172. The molecule has 16 rings (SSSR count). The van der Waals surface area contributed by atoms with Gasteiger partial charge in [-0.2, -0.15) is 0 Å². The number of anilines is 4. The molecule has 628 valence electrons. The van der Waals surface area contributed by atoms with Crippen LogP contribution >= 0.6 is 0 Å². The van der Waals surface area contributed by atoms with Gasteiger partial charge in [0.1, 0.15) is 27.8 Å². The van der Waals surface area contributed by atoms with Crippen LogP contribution in [0, 0.1) is 6.92 Å². The first-order valence-corrected chi connectivity index (χ1v) is 39.5. The normalized spacial score (nSPS) is 10.8. The maximum atomic E-state index is 13.4. The highest BCUT2D eigenvalue weighted by atomic mass is 16.5. The van der Waals surface area contributed by atoms with Crippen molar-refractivity contribution in [2.45, 2.75) is 67.5 Å². The standard InChI is InChI=1S/C24H24N6O4.C23H22N6O2.C21H21N7O2.C20H19N7O2/c1-4-25-24(33)29-23-27-19-11-16(10-18(21(19)28-23)22(32)34-3)15-9-14(2)30(20(31)12-15)13-17-7-5-6-8-26-17;1-2-25-23(31)29-22-27-19-13-16(15-6-5-10-24-14-15)12-18(21(19)28-22)20(30)9-8-17-7-3-4-11-26-17;1-3-23-21(30)27-20-25-16-11-14(13-6-5-7-22-12-13)10-15(17(16)26-20)18(29)19-24-8-9-28(19)4-2;1-3-22-20(29)26-19-24-15-8-13(12-5-4-6-21-9-12)7-14(17(15)25-19)18(28)16-10-27(2)11-23-16/h5-12H,4,13H2,1-3H3,(H3,25,27,28,29,33);3-7,10-14H,2,8-9H2,1H3,(H3,25,27,28,29,31);5-12H,3-4H2,1-2H3,(H3,23,25,26,27,30);4-11H,3H2,1-2H3,(H3,22,24,25,26,29). The molecule has 16 aromatic rings. The van der Waals surface area contributed by atoms with E-state index < -0.39 is 12.0 Å². The number of carbonyl (C=O) groups is 8. The number of pyridine rings is 6. The summed E-state index contributed by atoms with van der Waals surface area (Å²) in [6, 6.07) is 38.8. The number of carbonyl (C=O) groups excluding carboxylic acids is 8. The summed E-state index contributed by atoms with van der Waals surface area (Å²) >= 11 is 0. The van der Waals surface area contributed by atoms with Gasteiger partial charge < -0.3 is 59.6 Å². The number of rotatable bonds is 24. The Kier molecular flexibility index (Phi) is 27.4. The number of aromatic nitrogens is 18. The predicted octanol–water partition coefficient (Wildman–Crippen LogP) is 13.0. The summed E-state index contributed by atoms with van der Waals surface area (Å²) in [6.45, 7) is 14.0. The van der Waals surface area contributed by atoms with Gasteiger partial charge in [0.05, 0.1) is 64.4 Å². The van der Waals surface area contributed by atoms with Crippen LogP contribution in [0.2, 0.25) is 0 Å². The molecule has 0 saturated heterocycles. The topological polar surface area (TPSA) is 479 Å². The average molecular weight is 1670 g/mol. The fourth-order valence-corrected chi connectivity index (χ4v) is 13.3. The van der Waals surface area contributed by atoms with Crippen molar-refractivity contribution in [1.29, 1.82) is 0 Å². The second-order valence-electron chi connectivity index (χ2n) is 27.7. The third-order valence-corrected chi connectivity index (χ3v) is 19.0. The maximum Gasteiger partial charge on any atom is 0.340 e. The predicted molar refractivity (Wildman–Crippen MR) is 469 cm³/mol. The van der Waals surface area contributed by atoms with E-state index in [9.17, 15) is 43.2 Å². The number of Topliss-reactive ketones (excluding diaryl/α,β-unsaturated/α-hetero) is 1. The van der Waals surface area contributed by atoms with Gasteiger partial charge in [-0.05, 0) is 173 Å². The van der Waals surface area contributed by atoms with Gasteiger partial charge in [0, 0.05) is 154 Å². The molecule has 12 N–H and O–H groups in total. The number of nitrogens with zero attached hydrogens (tertiary/aromatic N) is 14. The third kappa shape index (κ3) is 20.7. The van der Waals surface area contributed by atoms with E-state index in [4.69, 9.17) is 4.74 Å². The first kappa shape index (κ1) is 85.3. The van der Waals surface area contributed by atoms with E-state index in [2.05, 4.69) is 117 Å². The molecular formula is C88H86N26O10. The molecule has 0 radical (unpaired) electrons. The van der Waals surface area contributed by atoms with E-state index in [1.54, 1.807) is 126 Å². The molecule has 12 aromatic heterocycles. The Hall–Kier alpha value is -16.6. The van der Waals surface area contributed by atoms with Crippen LogP contribution in [0.15, 0.2) is 213 Å². The van der Waals surface area contributed by atoms with Crippen LogP contribution in [-0.4, -0.2) is 169 Å². The number of benzene rings is 4. The van der Waals surface area contributed by atoms with Crippen molar-refractivity contribution < 1.29 is 43.1 Å². The minimum absolute atomic E-state index is 0.0440. The van der Waals surface area contributed by atoms with Gasteiger partial charge >= 0.3 is 30.1 Å². The molecule has 124 heavy (non-hydrogen) atoms. The Morgan fingerprint density at radius 2 is 0.855 bits per heavy atom. The number of amides is 8. The number of fused-ring (bicyclic) bond motifs is 4. The highest BCUT2D eigenvalue weighted by Gasteiger charge is 2.26. The van der Waals surface area contributed by atoms with Crippen LogP contribution in [0.25, 0.3) is 88.6 Å². The minimum Gasteiger partial charge on any atom is -0.465 e. The lowest BCUT2D eigenvalue weighted by molar-refractivity contribution is 0.0602. The Labute approximate surface area is 707 Å². The van der Waals surface area contributed by atoms with Gasteiger partial charge in [-0.1, -0.05) is 30.3 Å². The summed E-state index contributed by atoms with van der Waals surface area (Å²) in [5.74, 6) is 0.194. The first-order valence-electron chi connectivity index (χ1n) is 39.5. The highest BCUT2D eigenvalue weighted by molar-refractivity contribution is 6.17. The third-order valence-electron chi connectivity index (χ3n) is 19.0. The highest BCUT2D eigenvalue weighted by Crippen LogP contribution is 2.34. The van der Waals surface area contributed by atoms with Crippen molar-refractivity contribution in [2.75, 3.05) is 54.6 Å². The van der Waals surface area contributed by atoms with E-state index in [1.165, 1.54) is 13.2 Å². The molecule has 36 nitrogen and oxygen atoms in total. The van der Waals surface area contributed by atoms with Gasteiger partial charge in [0.25, 0.3) is 5.56 Å². The van der Waals surface area contributed by atoms with Crippen molar-refractivity contribution in [3.63, 3.8) is 0 Å². The largest absolute Gasteiger partial charge is 0.465 e.